The van der Waals surface area contributed by atoms with Crippen molar-refractivity contribution in [1.82, 2.24) is 9.88 Å². The molecule has 32 heavy (non-hydrogen) atoms. The molecule has 2 amide bonds. The Morgan fingerprint density at radius 2 is 1.81 bits per heavy atom. The quantitative estimate of drug-likeness (QED) is 0.435. The molecule has 0 spiro atoms. The predicted octanol–water partition coefficient (Wildman–Crippen LogP) is 5.51. The van der Waals surface area contributed by atoms with Gasteiger partial charge < -0.3 is 15.2 Å². The van der Waals surface area contributed by atoms with Crippen LogP contribution in [0.2, 0.25) is 5.02 Å². The van der Waals surface area contributed by atoms with Gasteiger partial charge in [-0.25, -0.2) is 4.39 Å². The number of hydrogen-bond acceptors (Lipinski definition) is 2. The second-order valence-electron chi connectivity index (χ2n) is 7.83. The third-order valence-electron chi connectivity index (χ3n) is 5.99. The maximum Gasteiger partial charge on any atom is 0.254 e. The number of carbonyl (C=O) groups excluding carboxylic acids is 2. The zero-order chi connectivity index (χ0) is 22.4. The predicted molar refractivity (Wildman–Crippen MR) is 122 cm³/mol. The van der Waals surface area contributed by atoms with Crippen LogP contribution < -0.4 is 5.32 Å². The molecule has 5 rings (SSSR count). The average molecular weight is 448 g/mol. The first-order valence-electron chi connectivity index (χ1n) is 10.1. The zero-order valence-corrected chi connectivity index (χ0v) is 17.9. The second kappa shape index (κ2) is 7.80. The maximum absolute atomic E-state index is 13.6. The maximum atomic E-state index is 13.6. The first-order valence-corrected chi connectivity index (χ1v) is 10.5. The number of H-pyrrole nitrogens is 1. The number of para-hydroxylation sites is 1. The molecule has 0 saturated heterocycles. The molecule has 7 heteroatoms. The van der Waals surface area contributed by atoms with E-state index in [9.17, 15) is 14.0 Å². The number of anilines is 1. The second-order valence-corrected chi connectivity index (χ2v) is 8.24. The molecule has 5 nitrogen and oxygen atoms in total. The van der Waals surface area contributed by atoms with E-state index in [0.29, 0.717) is 16.8 Å². The van der Waals surface area contributed by atoms with Gasteiger partial charge in [0.2, 0.25) is 5.91 Å². The first-order chi connectivity index (χ1) is 15.5. The van der Waals surface area contributed by atoms with Crippen molar-refractivity contribution < 1.29 is 14.0 Å². The molecule has 0 fully saturated rings. The lowest BCUT2D eigenvalue weighted by Gasteiger charge is -2.39. The number of benzene rings is 3. The molecule has 160 valence electrons. The molecule has 0 aliphatic carbocycles. The summed E-state index contributed by atoms with van der Waals surface area (Å²) in [6.07, 6.45) is 1.85. The molecular formula is C25H19ClFN3O2. The highest BCUT2D eigenvalue weighted by Gasteiger charge is 2.43. The van der Waals surface area contributed by atoms with Crippen LogP contribution in [0.1, 0.15) is 33.4 Å². The van der Waals surface area contributed by atoms with Crippen molar-refractivity contribution in [2.24, 2.45) is 0 Å². The molecule has 2 atom stereocenters. The Morgan fingerprint density at radius 1 is 1.06 bits per heavy atom. The van der Waals surface area contributed by atoms with Crippen LogP contribution in [0.5, 0.6) is 0 Å². The van der Waals surface area contributed by atoms with Crippen LogP contribution in [-0.2, 0) is 4.79 Å². The van der Waals surface area contributed by atoms with Gasteiger partial charge in [0.15, 0.2) is 0 Å². The van der Waals surface area contributed by atoms with E-state index < -0.39 is 17.8 Å². The normalized spacial score (nSPS) is 18.0. The Kier molecular flexibility index (Phi) is 4.94. The molecule has 0 saturated carbocycles. The van der Waals surface area contributed by atoms with Gasteiger partial charge in [0, 0.05) is 41.0 Å². The average Bonchev–Trinajstić information content (AvgIpc) is 3.22. The van der Waals surface area contributed by atoms with Crippen LogP contribution in [0.4, 0.5) is 10.1 Å². The molecule has 4 aromatic rings. The fourth-order valence-corrected chi connectivity index (χ4v) is 4.66. The van der Waals surface area contributed by atoms with Gasteiger partial charge in [0.05, 0.1) is 17.0 Å². The van der Waals surface area contributed by atoms with Crippen molar-refractivity contribution in [3.63, 3.8) is 0 Å². The highest BCUT2D eigenvalue weighted by Crippen LogP contribution is 2.44. The summed E-state index contributed by atoms with van der Waals surface area (Å²) in [5.41, 5.74) is 3.30. The summed E-state index contributed by atoms with van der Waals surface area (Å²) in [5.74, 6) is -1.70. The van der Waals surface area contributed by atoms with Crippen molar-refractivity contribution in [2.45, 2.75) is 12.0 Å². The Bertz CT molecular complexity index is 1370. The molecule has 1 aromatic heterocycles. The minimum Gasteiger partial charge on any atom is -0.361 e. The van der Waals surface area contributed by atoms with Crippen LogP contribution >= 0.6 is 11.6 Å². The summed E-state index contributed by atoms with van der Waals surface area (Å²) >= 11 is 5.90. The Morgan fingerprint density at radius 3 is 2.62 bits per heavy atom. The van der Waals surface area contributed by atoms with Crippen LogP contribution in [0, 0.1) is 5.82 Å². The van der Waals surface area contributed by atoms with E-state index in [1.807, 2.05) is 42.6 Å². The van der Waals surface area contributed by atoms with E-state index >= 15 is 0 Å². The number of halogens is 2. The number of rotatable bonds is 3. The number of likely N-dealkylation sites (N-methyl/N-ethyl adjacent to an activating group) is 1. The molecule has 0 radical (unpaired) electrons. The number of carbonyl (C=O) groups is 2. The van der Waals surface area contributed by atoms with Crippen molar-refractivity contribution in [3.8, 4) is 0 Å². The number of aromatic amines is 1. The highest BCUT2D eigenvalue weighted by molar-refractivity contribution is 6.31. The zero-order valence-electron chi connectivity index (χ0n) is 17.1. The van der Waals surface area contributed by atoms with Crippen molar-refractivity contribution >= 4 is 40.0 Å². The summed E-state index contributed by atoms with van der Waals surface area (Å²) in [4.78, 5) is 31.7. The number of hydrogen-bond donors (Lipinski definition) is 2. The van der Waals surface area contributed by atoms with Crippen LogP contribution in [0.15, 0.2) is 72.9 Å². The smallest absolute Gasteiger partial charge is 0.254 e. The third kappa shape index (κ3) is 3.24. The van der Waals surface area contributed by atoms with Gasteiger partial charge in [-0.3, -0.25) is 9.59 Å². The Labute approximate surface area is 188 Å². The molecular weight excluding hydrogens is 429 g/mol. The Balaban J connectivity index is 1.64. The summed E-state index contributed by atoms with van der Waals surface area (Å²) in [7, 11) is 1.71. The third-order valence-corrected chi connectivity index (χ3v) is 6.28. The van der Waals surface area contributed by atoms with Crippen LogP contribution in [-0.4, -0.2) is 28.7 Å². The van der Waals surface area contributed by atoms with Gasteiger partial charge in [-0.2, -0.15) is 0 Å². The monoisotopic (exact) mass is 447 g/mol. The van der Waals surface area contributed by atoms with E-state index in [0.717, 1.165) is 16.5 Å². The lowest BCUT2D eigenvalue weighted by atomic mass is 9.79. The van der Waals surface area contributed by atoms with E-state index in [4.69, 9.17) is 11.6 Å². The van der Waals surface area contributed by atoms with Crippen molar-refractivity contribution in [1.29, 1.82) is 0 Å². The minimum absolute atomic E-state index is 0.0766. The fourth-order valence-electron chi connectivity index (χ4n) is 4.48. The van der Waals surface area contributed by atoms with E-state index in [-0.39, 0.29) is 16.8 Å². The van der Waals surface area contributed by atoms with E-state index in [2.05, 4.69) is 10.3 Å². The lowest BCUT2D eigenvalue weighted by Crippen LogP contribution is -2.44. The van der Waals surface area contributed by atoms with Gasteiger partial charge >= 0.3 is 0 Å². The number of nitrogens with zero attached hydrogens (tertiary/aromatic N) is 1. The summed E-state index contributed by atoms with van der Waals surface area (Å²) < 4.78 is 13.6. The lowest BCUT2D eigenvalue weighted by molar-refractivity contribution is -0.119. The van der Waals surface area contributed by atoms with E-state index in [1.54, 1.807) is 24.1 Å². The summed E-state index contributed by atoms with van der Waals surface area (Å²) in [6.45, 7) is 0. The molecule has 1 aliphatic rings. The molecule has 2 N–H and O–H groups in total. The van der Waals surface area contributed by atoms with Crippen molar-refractivity contribution in [2.75, 3.05) is 12.4 Å². The molecule has 3 aromatic carbocycles. The van der Waals surface area contributed by atoms with Gasteiger partial charge in [-0.1, -0.05) is 48.0 Å². The standard InChI is InChI=1S/C25H19ClFN3O2/c1-30-23(18-13-28-21-9-5-4-6-15(18)21)22(16-7-2-3-8-17(16)25(30)32)24(31)29-14-10-11-20(27)19(26)12-14/h2-13,22-23,28H,1H3,(H,29,31)/t22-,23+/m0/s1. The van der Waals surface area contributed by atoms with Gasteiger partial charge in [-0.05, 0) is 35.9 Å². The topological polar surface area (TPSA) is 65.2 Å². The first kappa shape index (κ1) is 20.3. The van der Waals surface area contributed by atoms with Gasteiger partial charge in [0.25, 0.3) is 5.91 Å². The van der Waals surface area contributed by atoms with Crippen LogP contribution in [0.25, 0.3) is 10.9 Å². The molecule has 2 heterocycles. The SMILES string of the molecule is CN1C(=O)c2ccccc2[C@H](C(=O)Nc2ccc(F)c(Cl)c2)[C@H]1c1c[nH]c2ccccc12. The van der Waals surface area contributed by atoms with Crippen molar-refractivity contribution in [3.05, 3.63) is 100 Å². The number of amides is 2. The van der Waals surface area contributed by atoms with Gasteiger partial charge in [-0.15, -0.1) is 0 Å². The number of fused-ring (bicyclic) bond motifs is 2. The number of aromatic nitrogens is 1. The fraction of sp³-hybridized carbons (Fsp3) is 0.120. The summed E-state index contributed by atoms with van der Waals surface area (Å²) in [6, 6.07) is 18.4. The van der Waals surface area contributed by atoms with E-state index in [1.165, 1.54) is 18.2 Å². The van der Waals surface area contributed by atoms with Crippen LogP contribution in [0.3, 0.4) is 0 Å². The molecule has 1 aliphatic heterocycles. The minimum atomic E-state index is -0.683. The molecule has 0 unspecified atom stereocenters. The highest BCUT2D eigenvalue weighted by atomic mass is 35.5. The molecule has 0 bridgehead atoms. The van der Waals surface area contributed by atoms with Gasteiger partial charge in [0.1, 0.15) is 5.82 Å². The Hall–Kier alpha value is -3.64. The number of nitrogens with one attached hydrogen (secondary N) is 2. The largest absolute Gasteiger partial charge is 0.361 e. The summed E-state index contributed by atoms with van der Waals surface area (Å²) in [5, 5.41) is 3.72.